The van der Waals surface area contributed by atoms with Gasteiger partial charge in [-0.1, -0.05) is 31.4 Å². The van der Waals surface area contributed by atoms with Gasteiger partial charge in [-0.05, 0) is 50.3 Å². The van der Waals surface area contributed by atoms with Crippen molar-refractivity contribution in [2.24, 2.45) is 5.41 Å². The highest BCUT2D eigenvalue weighted by Crippen LogP contribution is 2.44. The van der Waals surface area contributed by atoms with Crippen molar-refractivity contribution in [1.82, 2.24) is 4.90 Å². The molecular weight excluding hydrogens is 253 g/mol. The SMILES string of the molecule is Oc1c(F)cccc1CN1CCC2(CCCCC2)CC1. The number of aromatic hydroxyl groups is 1. The Bertz CT molecular complexity index is 458. The van der Waals surface area contributed by atoms with E-state index in [0.29, 0.717) is 17.5 Å². The molecule has 2 fully saturated rings. The third-order valence-corrected chi connectivity index (χ3v) is 5.30. The minimum atomic E-state index is -0.511. The van der Waals surface area contributed by atoms with Crippen LogP contribution in [-0.4, -0.2) is 23.1 Å². The van der Waals surface area contributed by atoms with Crippen LogP contribution in [0.2, 0.25) is 0 Å². The van der Waals surface area contributed by atoms with Crippen LogP contribution in [0.25, 0.3) is 0 Å². The summed E-state index contributed by atoms with van der Waals surface area (Å²) >= 11 is 0. The Morgan fingerprint density at radius 2 is 1.75 bits per heavy atom. The van der Waals surface area contributed by atoms with Crippen LogP contribution in [0.5, 0.6) is 5.75 Å². The molecule has 1 heterocycles. The maximum absolute atomic E-state index is 13.4. The molecule has 2 aliphatic rings. The van der Waals surface area contributed by atoms with Gasteiger partial charge in [0.15, 0.2) is 11.6 Å². The summed E-state index contributed by atoms with van der Waals surface area (Å²) in [5, 5.41) is 9.77. The third-order valence-electron chi connectivity index (χ3n) is 5.30. The molecule has 1 aliphatic carbocycles. The molecule has 0 radical (unpaired) electrons. The lowest BCUT2D eigenvalue weighted by Crippen LogP contribution is -2.40. The lowest BCUT2D eigenvalue weighted by Gasteiger charge is -2.44. The highest BCUT2D eigenvalue weighted by atomic mass is 19.1. The van der Waals surface area contributed by atoms with Crippen molar-refractivity contribution in [3.05, 3.63) is 29.6 Å². The molecule has 0 atom stereocenters. The molecule has 0 amide bonds. The zero-order valence-corrected chi connectivity index (χ0v) is 12.1. The molecule has 0 bridgehead atoms. The third kappa shape index (κ3) is 2.83. The number of benzene rings is 1. The lowest BCUT2D eigenvalue weighted by atomic mass is 9.68. The van der Waals surface area contributed by atoms with Crippen LogP contribution in [0.1, 0.15) is 50.5 Å². The maximum Gasteiger partial charge on any atom is 0.165 e. The summed E-state index contributed by atoms with van der Waals surface area (Å²) in [5.74, 6) is -0.686. The summed E-state index contributed by atoms with van der Waals surface area (Å²) in [5.41, 5.74) is 1.31. The monoisotopic (exact) mass is 277 g/mol. The summed E-state index contributed by atoms with van der Waals surface area (Å²) in [6, 6.07) is 4.81. The van der Waals surface area contributed by atoms with Crippen molar-refractivity contribution in [3.63, 3.8) is 0 Å². The van der Waals surface area contributed by atoms with Crippen molar-refractivity contribution in [3.8, 4) is 5.75 Å². The molecular formula is C17H24FNO. The van der Waals surface area contributed by atoms with Crippen molar-refractivity contribution in [2.75, 3.05) is 13.1 Å². The molecule has 1 spiro atoms. The quantitative estimate of drug-likeness (QED) is 0.880. The maximum atomic E-state index is 13.4. The van der Waals surface area contributed by atoms with Gasteiger partial charge in [0.05, 0.1) is 0 Å². The van der Waals surface area contributed by atoms with E-state index in [-0.39, 0.29) is 5.75 Å². The number of nitrogens with zero attached hydrogens (tertiary/aromatic N) is 1. The van der Waals surface area contributed by atoms with Crippen LogP contribution in [0.3, 0.4) is 0 Å². The van der Waals surface area contributed by atoms with E-state index in [2.05, 4.69) is 4.90 Å². The van der Waals surface area contributed by atoms with Crippen molar-refractivity contribution >= 4 is 0 Å². The summed E-state index contributed by atoms with van der Waals surface area (Å²) < 4.78 is 13.4. The molecule has 1 saturated heterocycles. The average Bonchev–Trinajstić information content (AvgIpc) is 2.47. The summed E-state index contributed by atoms with van der Waals surface area (Å²) in [4.78, 5) is 2.36. The number of halogens is 1. The van der Waals surface area contributed by atoms with Gasteiger partial charge in [0.2, 0.25) is 0 Å². The number of hydrogen-bond donors (Lipinski definition) is 1. The van der Waals surface area contributed by atoms with Gasteiger partial charge >= 0.3 is 0 Å². The molecule has 3 heteroatoms. The summed E-state index contributed by atoms with van der Waals surface area (Å²) in [6.07, 6.45) is 9.52. The van der Waals surface area contributed by atoms with Crippen LogP contribution in [-0.2, 0) is 6.54 Å². The fourth-order valence-electron chi connectivity index (χ4n) is 3.92. The van der Waals surface area contributed by atoms with Crippen LogP contribution in [0.4, 0.5) is 4.39 Å². The molecule has 110 valence electrons. The molecule has 0 unspecified atom stereocenters. The van der Waals surface area contributed by atoms with Gasteiger partial charge in [-0.2, -0.15) is 0 Å². The van der Waals surface area contributed by atoms with E-state index in [0.717, 1.165) is 13.1 Å². The minimum Gasteiger partial charge on any atom is -0.505 e. The average molecular weight is 277 g/mol. The van der Waals surface area contributed by atoms with E-state index in [1.54, 1.807) is 6.07 Å². The summed E-state index contributed by atoms with van der Waals surface area (Å²) in [7, 11) is 0. The first-order valence-corrected chi connectivity index (χ1v) is 7.87. The molecule has 2 nitrogen and oxygen atoms in total. The number of phenolic OH excluding ortho intramolecular Hbond substituents is 1. The second-order valence-electron chi connectivity index (χ2n) is 6.58. The number of phenols is 1. The smallest absolute Gasteiger partial charge is 0.165 e. The zero-order chi connectivity index (χ0) is 14.0. The first-order valence-electron chi connectivity index (χ1n) is 7.87. The van der Waals surface area contributed by atoms with Gasteiger partial charge in [0, 0.05) is 12.1 Å². The number of hydrogen-bond acceptors (Lipinski definition) is 2. The molecule has 0 aromatic heterocycles. The topological polar surface area (TPSA) is 23.5 Å². The van der Waals surface area contributed by atoms with Gasteiger partial charge in [0.1, 0.15) is 0 Å². The highest BCUT2D eigenvalue weighted by molar-refractivity contribution is 5.33. The second-order valence-corrected chi connectivity index (χ2v) is 6.58. The number of piperidine rings is 1. The Hall–Kier alpha value is -1.09. The predicted molar refractivity (Wildman–Crippen MR) is 78.1 cm³/mol. The van der Waals surface area contributed by atoms with Crippen LogP contribution in [0, 0.1) is 11.2 Å². The Labute approximate surface area is 120 Å². The van der Waals surface area contributed by atoms with Crippen LogP contribution < -0.4 is 0 Å². The molecule has 1 aromatic carbocycles. The molecule has 3 rings (SSSR count). The number of rotatable bonds is 2. The van der Waals surface area contributed by atoms with Gasteiger partial charge < -0.3 is 5.11 Å². The first-order chi connectivity index (χ1) is 9.69. The minimum absolute atomic E-state index is 0.176. The fourth-order valence-corrected chi connectivity index (χ4v) is 3.92. The van der Waals surface area contributed by atoms with E-state index in [9.17, 15) is 9.50 Å². The van der Waals surface area contributed by atoms with Gasteiger partial charge in [-0.15, -0.1) is 0 Å². The second kappa shape index (κ2) is 5.72. The van der Waals surface area contributed by atoms with E-state index < -0.39 is 5.82 Å². The standard InChI is InChI=1S/C17H24FNO/c18-15-6-4-5-14(16(15)20)13-19-11-9-17(10-12-19)7-2-1-3-8-17/h4-6,20H,1-3,7-13H2. The molecule has 20 heavy (non-hydrogen) atoms. The van der Waals surface area contributed by atoms with Gasteiger partial charge in [-0.3, -0.25) is 4.90 Å². The normalized spacial score (nSPS) is 23.1. The Morgan fingerprint density at radius 1 is 1.05 bits per heavy atom. The van der Waals surface area contributed by atoms with Crippen molar-refractivity contribution in [1.29, 1.82) is 0 Å². The molecule has 1 aliphatic heterocycles. The molecule has 1 aromatic rings. The van der Waals surface area contributed by atoms with Crippen molar-refractivity contribution in [2.45, 2.75) is 51.5 Å². The van der Waals surface area contributed by atoms with E-state index >= 15 is 0 Å². The Kier molecular flexibility index (Phi) is 3.97. The van der Waals surface area contributed by atoms with Crippen LogP contribution in [0.15, 0.2) is 18.2 Å². The number of para-hydroxylation sites is 1. The Morgan fingerprint density at radius 3 is 2.45 bits per heavy atom. The molecule has 1 saturated carbocycles. The number of likely N-dealkylation sites (tertiary alicyclic amines) is 1. The van der Waals surface area contributed by atoms with E-state index in [1.165, 1.54) is 51.0 Å². The first kappa shape index (κ1) is 13.9. The van der Waals surface area contributed by atoms with Gasteiger partial charge in [-0.25, -0.2) is 4.39 Å². The zero-order valence-electron chi connectivity index (χ0n) is 12.1. The predicted octanol–water partition coefficient (Wildman–Crippen LogP) is 4.08. The van der Waals surface area contributed by atoms with Crippen molar-refractivity contribution < 1.29 is 9.50 Å². The van der Waals surface area contributed by atoms with Gasteiger partial charge in [0.25, 0.3) is 0 Å². The van der Waals surface area contributed by atoms with E-state index in [4.69, 9.17) is 0 Å². The largest absolute Gasteiger partial charge is 0.505 e. The highest BCUT2D eigenvalue weighted by Gasteiger charge is 2.35. The lowest BCUT2D eigenvalue weighted by molar-refractivity contribution is 0.0637. The van der Waals surface area contributed by atoms with Crippen LogP contribution >= 0.6 is 0 Å². The Balaban J connectivity index is 1.60. The summed E-state index contributed by atoms with van der Waals surface area (Å²) in [6.45, 7) is 2.82. The van der Waals surface area contributed by atoms with E-state index in [1.807, 2.05) is 6.07 Å². The molecule has 1 N–H and O–H groups in total. The fraction of sp³-hybridized carbons (Fsp3) is 0.647.